The highest BCUT2D eigenvalue weighted by molar-refractivity contribution is 5.56. The van der Waals surface area contributed by atoms with E-state index in [-0.39, 0.29) is 11.7 Å². The number of rotatable bonds is 7. The summed E-state index contributed by atoms with van der Waals surface area (Å²) in [5.74, 6) is 0.895. The molecular formula is C13H16N4O4. The van der Waals surface area contributed by atoms with E-state index in [1.807, 2.05) is 7.05 Å². The number of nitrogens with zero attached hydrogens (tertiary/aromatic N) is 3. The van der Waals surface area contributed by atoms with Crippen LogP contribution in [0.5, 0.6) is 0 Å². The molecule has 0 bridgehead atoms. The number of nitro groups is 1. The van der Waals surface area contributed by atoms with Crippen LogP contribution in [0.25, 0.3) is 11.4 Å². The molecule has 112 valence electrons. The summed E-state index contributed by atoms with van der Waals surface area (Å²) in [6.45, 7) is 0.533. The highest BCUT2D eigenvalue weighted by atomic mass is 16.6. The van der Waals surface area contributed by atoms with Gasteiger partial charge < -0.3 is 14.6 Å². The second-order valence-electron chi connectivity index (χ2n) is 4.46. The van der Waals surface area contributed by atoms with Gasteiger partial charge in [-0.15, -0.1) is 0 Å². The third-order valence-corrected chi connectivity index (χ3v) is 3.00. The van der Waals surface area contributed by atoms with Gasteiger partial charge in [-0.05, 0) is 19.2 Å². The van der Waals surface area contributed by atoms with Crippen molar-refractivity contribution in [3.8, 4) is 11.4 Å². The van der Waals surface area contributed by atoms with Gasteiger partial charge in [0.05, 0.1) is 11.5 Å². The van der Waals surface area contributed by atoms with Crippen molar-refractivity contribution in [2.24, 2.45) is 0 Å². The van der Waals surface area contributed by atoms with Crippen LogP contribution in [-0.4, -0.2) is 41.9 Å². The number of hydrogen-bond acceptors (Lipinski definition) is 7. The number of hydrogen-bond donors (Lipinski definition) is 1. The standard InChI is InChI=1S/C13H16N4O4/c1-14-10(8-20-2)7-12-15-13(16-21-12)9-3-5-11(6-4-9)17(18)19/h3-6,10,14H,7-8H2,1-2H3. The Hall–Kier alpha value is -2.32. The first-order valence-corrected chi connectivity index (χ1v) is 6.37. The molecule has 1 aromatic heterocycles. The molecule has 0 saturated carbocycles. The molecule has 0 aliphatic rings. The lowest BCUT2D eigenvalue weighted by atomic mass is 10.2. The first-order chi connectivity index (χ1) is 10.1. The first kappa shape index (κ1) is 15.1. The van der Waals surface area contributed by atoms with Gasteiger partial charge >= 0.3 is 0 Å². The molecule has 0 spiro atoms. The third kappa shape index (κ3) is 3.83. The Balaban J connectivity index is 2.10. The van der Waals surface area contributed by atoms with E-state index in [1.165, 1.54) is 12.1 Å². The number of methoxy groups -OCH3 is 1. The van der Waals surface area contributed by atoms with Crippen LogP contribution in [0, 0.1) is 10.1 Å². The van der Waals surface area contributed by atoms with Crippen molar-refractivity contribution < 1.29 is 14.2 Å². The van der Waals surface area contributed by atoms with E-state index in [1.54, 1.807) is 19.2 Å². The van der Waals surface area contributed by atoms with Crippen molar-refractivity contribution in [3.63, 3.8) is 0 Å². The molecular weight excluding hydrogens is 276 g/mol. The molecule has 1 N–H and O–H groups in total. The summed E-state index contributed by atoms with van der Waals surface area (Å²) in [5.41, 5.74) is 0.696. The fourth-order valence-electron chi connectivity index (χ4n) is 1.84. The maximum atomic E-state index is 10.6. The van der Waals surface area contributed by atoms with Crippen molar-refractivity contribution in [1.82, 2.24) is 15.5 Å². The van der Waals surface area contributed by atoms with Crippen molar-refractivity contribution >= 4 is 5.69 Å². The van der Waals surface area contributed by atoms with Gasteiger partial charge in [-0.3, -0.25) is 10.1 Å². The Morgan fingerprint density at radius 3 is 2.71 bits per heavy atom. The highest BCUT2D eigenvalue weighted by Gasteiger charge is 2.14. The summed E-state index contributed by atoms with van der Waals surface area (Å²) < 4.78 is 10.3. The number of nitrogens with one attached hydrogen (secondary N) is 1. The molecule has 1 unspecified atom stereocenters. The van der Waals surface area contributed by atoms with E-state index in [0.717, 1.165) is 0 Å². The minimum Gasteiger partial charge on any atom is -0.383 e. The summed E-state index contributed by atoms with van der Waals surface area (Å²) in [7, 11) is 3.46. The summed E-state index contributed by atoms with van der Waals surface area (Å²) >= 11 is 0. The second-order valence-corrected chi connectivity index (χ2v) is 4.46. The van der Waals surface area contributed by atoms with Gasteiger partial charge in [0.1, 0.15) is 0 Å². The van der Waals surface area contributed by atoms with E-state index in [4.69, 9.17) is 9.26 Å². The molecule has 8 nitrogen and oxygen atoms in total. The van der Waals surface area contributed by atoms with Gasteiger partial charge in [0.2, 0.25) is 11.7 Å². The first-order valence-electron chi connectivity index (χ1n) is 6.37. The molecule has 0 amide bonds. The Labute approximate surface area is 121 Å². The minimum absolute atomic E-state index is 0.0257. The van der Waals surface area contributed by atoms with Crippen molar-refractivity contribution in [1.29, 1.82) is 0 Å². The van der Waals surface area contributed by atoms with Crippen LogP contribution in [0.3, 0.4) is 0 Å². The summed E-state index contributed by atoms with van der Waals surface area (Å²) in [5, 5.41) is 17.6. The van der Waals surface area contributed by atoms with Gasteiger partial charge in [-0.1, -0.05) is 5.16 Å². The lowest BCUT2D eigenvalue weighted by Crippen LogP contribution is -2.32. The molecule has 1 aromatic carbocycles. The van der Waals surface area contributed by atoms with E-state index in [2.05, 4.69) is 15.5 Å². The molecule has 1 heterocycles. The topological polar surface area (TPSA) is 103 Å². The Morgan fingerprint density at radius 2 is 2.14 bits per heavy atom. The van der Waals surface area contributed by atoms with Gasteiger partial charge in [-0.25, -0.2) is 0 Å². The van der Waals surface area contributed by atoms with Crippen LogP contribution in [0.15, 0.2) is 28.8 Å². The number of ether oxygens (including phenoxy) is 1. The van der Waals surface area contributed by atoms with Crippen LogP contribution >= 0.6 is 0 Å². The highest BCUT2D eigenvalue weighted by Crippen LogP contribution is 2.20. The lowest BCUT2D eigenvalue weighted by Gasteiger charge is -2.11. The molecule has 0 aliphatic heterocycles. The minimum atomic E-state index is -0.451. The van der Waals surface area contributed by atoms with Crippen LogP contribution < -0.4 is 5.32 Å². The zero-order valence-electron chi connectivity index (χ0n) is 11.8. The smallest absolute Gasteiger partial charge is 0.269 e. The number of non-ortho nitro benzene ring substituents is 1. The molecule has 21 heavy (non-hydrogen) atoms. The van der Waals surface area contributed by atoms with E-state index < -0.39 is 4.92 Å². The maximum absolute atomic E-state index is 10.6. The quantitative estimate of drug-likeness (QED) is 0.608. The van der Waals surface area contributed by atoms with Crippen LogP contribution in [0.1, 0.15) is 5.89 Å². The van der Waals surface area contributed by atoms with Crippen molar-refractivity contribution in [2.45, 2.75) is 12.5 Å². The Morgan fingerprint density at radius 1 is 1.43 bits per heavy atom. The molecule has 2 aromatic rings. The predicted octanol–water partition coefficient (Wildman–Crippen LogP) is 1.42. The SMILES string of the molecule is CNC(COC)Cc1nc(-c2ccc([N+](=O)[O-])cc2)no1. The van der Waals surface area contributed by atoms with Crippen LogP contribution in [-0.2, 0) is 11.2 Å². The fourth-order valence-corrected chi connectivity index (χ4v) is 1.84. The molecule has 0 saturated heterocycles. The molecule has 0 fully saturated rings. The van der Waals surface area contributed by atoms with Crippen LogP contribution in [0.2, 0.25) is 0 Å². The van der Waals surface area contributed by atoms with E-state index in [0.29, 0.717) is 30.3 Å². The molecule has 0 radical (unpaired) electrons. The largest absolute Gasteiger partial charge is 0.383 e. The zero-order chi connectivity index (χ0) is 15.2. The number of benzene rings is 1. The van der Waals surface area contributed by atoms with E-state index in [9.17, 15) is 10.1 Å². The van der Waals surface area contributed by atoms with Gasteiger partial charge in [0.25, 0.3) is 5.69 Å². The molecule has 1 atom stereocenters. The Kier molecular flexibility index (Phi) is 4.96. The predicted molar refractivity (Wildman–Crippen MR) is 74.8 cm³/mol. The Bertz CT molecular complexity index is 596. The lowest BCUT2D eigenvalue weighted by molar-refractivity contribution is -0.384. The third-order valence-electron chi connectivity index (χ3n) is 3.00. The monoisotopic (exact) mass is 292 g/mol. The van der Waals surface area contributed by atoms with Crippen molar-refractivity contribution in [2.75, 3.05) is 20.8 Å². The van der Waals surface area contributed by atoms with E-state index >= 15 is 0 Å². The fraction of sp³-hybridized carbons (Fsp3) is 0.385. The maximum Gasteiger partial charge on any atom is 0.269 e. The summed E-state index contributed by atoms with van der Waals surface area (Å²) in [6.07, 6.45) is 0.546. The van der Waals surface area contributed by atoms with Crippen LogP contribution in [0.4, 0.5) is 5.69 Å². The average Bonchev–Trinajstić information content (AvgIpc) is 2.95. The summed E-state index contributed by atoms with van der Waals surface area (Å²) in [6, 6.07) is 6.09. The van der Waals surface area contributed by atoms with Crippen molar-refractivity contribution in [3.05, 3.63) is 40.3 Å². The number of aromatic nitrogens is 2. The summed E-state index contributed by atoms with van der Waals surface area (Å²) in [4.78, 5) is 14.4. The normalized spacial score (nSPS) is 12.3. The zero-order valence-corrected chi connectivity index (χ0v) is 11.8. The second kappa shape index (κ2) is 6.91. The molecule has 8 heteroatoms. The number of likely N-dealkylation sites (N-methyl/N-ethyl adjacent to an activating group) is 1. The number of nitro benzene ring substituents is 1. The molecule has 2 rings (SSSR count). The molecule has 0 aliphatic carbocycles. The van der Waals surface area contributed by atoms with Gasteiger partial charge in [0, 0.05) is 37.3 Å². The average molecular weight is 292 g/mol. The van der Waals surface area contributed by atoms with Gasteiger partial charge in [-0.2, -0.15) is 4.98 Å². The van der Waals surface area contributed by atoms with Gasteiger partial charge in [0.15, 0.2) is 0 Å².